The zero-order chi connectivity index (χ0) is 17.3. The molecule has 0 fully saturated rings. The van der Waals surface area contributed by atoms with E-state index in [4.69, 9.17) is 0 Å². The minimum absolute atomic E-state index is 0.108. The number of pyridine rings is 1. The Morgan fingerprint density at radius 3 is 2.40 bits per heavy atom. The second-order valence-corrected chi connectivity index (χ2v) is 6.03. The van der Waals surface area contributed by atoms with E-state index in [9.17, 15) is 10.1 Å². The zero-order valence-electron chi connectivity index (χ0n) is 13.4. The van der Waals surface area contributed by atoms with Crippen LogP contribution in [0.3, 0.4) is 0 Å². The first-order valence-corrected chi connectivity index (χ1v) is 8.00. The zero-order valence-corrected chi connectivity index (χ0v) is 13.4. The van der Waals surface area contributed by atoms with Crippen LogP contribution in [-0.4, -0.2) is 9.91 Å². The molecule has 122 valence electrons. The summed E-state index contributed by atoms with van der Waals surface area (Å²) >= 11 is 0. The van der Waals surface area contributed by atoms with Gasteiger partial charge in [0.1, 0.15) is 24.1 Å². The van der Waals surface area contributed by atoms with Gasteiger partial charge in [0, 0.05) is 59.9 Å². The van der Waals surface area contributed by atoms with E-state index in [0.29, 0.717) is 11.0 Å². The Kier molecular flexibility index (Phi) is 3.63. The largest absolute Gasteiger partial charge is 0.269 e. The predicted molar refractivity (Wildman–Crippen MR) is 98.0 cm³/mol. The molecule has 2 aromatic carbocycles. The van der Waals surface area contributed by atoms with Crippen LogP contribution in [0.5, 0.6) is 0 Å². The SMILES string of the molecule is O=[N+]([O-])c1ccc(C[N+]2(c3ccncc3)C=Cc3ccccc32)cc1. The average molecular weight is 330 g/mol. The van der Waals surface area contributed by atoms with Gasteiger partial charge in [0.25, 0.3) is 5.69 Å². The normalized spacial score (nSPS) is 18.1. The Balaban J connectivity index is 1.81. The fraction of sp³-hybridized carbons (Fsp3) is 0.0500. The Morgan fingerprint density at radius 2 is 1.68 bits per heavy atom. The third-order valence-corrected chi connectivity index (χ3v) is 4.58. The highest BCUT2D eigenvalue weighted by molar-refractivity contribution is 5.78. The monoisotopic (exact) mass is 330 g/mol. The van der Waals surface area contributed by atoms with Gasteiger partial charge in [-0.1, -0.05) is 12.1 Å². The molecule has 1 aromatic heterocycles. The lowest BCUT2D eigenvalue weighted by molar-refractivity contribution is -0.384. The van der Waals surface area contributed by atoms with Crippen molar-refractivity contribution in [2.75, 3.05) is 0 Å². The van der Waals surface area contributed by atoms with Crippen LogP contribution in [0.2, 0.25) is 0 Å². The van der Waals surface area contributed by atoms with E-state index >= 15 is 0 Å². The summed E-state index contributed by atoms with van der Waals surface area (Å²) < 4.78 is 0.538. The topological polar surface area (TPSA) is 56.0 Å². The fourth-order valence-corrected chi connectivity index (χ4v) is 3.36. The number of hydrogen-bond acceptors (Lipinski definition) is 3. The molecule has 0 bridgehead atoms. The number of benzene rings is 2. The van der Waals surface area contributed by atoms with Crippen molar-refractivity contribution in [3.8, 4) is 0 Å². The predicted octanol–water partition coefficient (Wildman–Crippen LogP) is 4.81. The summed E-state index contributed by atoms with van der Waals surface area (Å²) in [7, 11) is 0. The number of quaternary nitrogens is 1. The smallest absolute Gasteiger partial charge is 0.264 e. The number of nitro benzene ring substituents is 1. The van der Waals surface area contributed by atoms with Crippen LogP contribution < -0.4 is 4.48 Å². The van der Waals surface area contributed by atoms with Gasteiger partial charge in [0.05, 0.1) is 4.92 Å². The van der Waals surface area contributed by atoms with Crippen LogP contribution in [-0.2, 0) is 6.54 Å². The summed E-state index contributed by atoms with van der Waals surface area (Å²) in [6, 6.07) is 19.1. The molecule has 0 saturated carbocycles. The lowest BCUT2D eigenvalue weighted by Gasteiger charge is -2.32. The summed E-state index contributed by atoms with van der Waals surface area (Å²) in [5.74, 6) is 0. The lowest BCUT2D eigenvalue weighted by atomic mass is 10.1. The first-order chi connectivity index (χ1) is 12.2. The highest BCUT2D eigenvalue weighted by Crippen LogP contribution is 2.44. The molecular formula is C20H16N3O2+. The Bertz CT molecular complexity index is 952. The Hall–Kier alpha value is -3.31. The highest BCUT2D eigenvalue weighted by atomic mass is 16.6. The molecule has 0 spiro atoms. The molecule has 5 nitrogen and oxygen atoms in total. The van der Waals surface area contributed by atoms with E-state index in [2.05, 4.69) is 29.4 Å². The summed E-state index contributed by atoms with van der Waals surface area (Å²) in [6.45, 7) is 0.676. The maximum Gasteiger partial charge on any atom is 0.269 e. The maximum atomic E-state index is 10.9. The number of rotatable bonds is 4. The summed E-state index contributed by atoms with van der Waals surface area (Å²) in [6.07, 6.45) is 7.88. The molecule has 1 aliphatic heterocycles. The van der Waals surface area contributed by atoms with E-state index in [1.165, 1.54) is 11.3 Å². The van der Waals surface area contributed by atoms with E-state index < -0.39 is 0 Å². The standard InChI is InChI=1S/C20H16N3O2/c24-22(25)18-7-5-16(6-8-18)15-23(19-9-12-21-13-10-19)14-11-17-3-1-2-4-20(17)23/h1-14H,15H2/q+1. The van der Waals surface area contributed by atoms with Crippen molar-refractivity contribution in [2.45, 2.75) is 6.54 Å². The molecule has 0 aliphatic carbocycles. The molecule has 0 radical (unpaired) electrons. The number of aromatic nitrogens is 1. The minimum atomic E-state index is -0.373. The van der Waals surface area contributed by atoms with E-state index in [-0.39, 0.29) is 10.6 Å². The Labute approximate surface area is 145 Å². The van der Waals surface area contributed by atoms with Gasteiger partial charge in [-0.05, 0) is 18.2 Å². The van der Waals surface area contributed by atoms with Gasteiger partial charge in [-0.15, -0.1) is 0 Å². The van der Waals surface area contributed by atoms with Gasteiger partial charge >= 0.3 is 0 Å². The first-order valence-electron chi connectivity index (χ1n) is 8.00. The molecule has 25 heavy (non-hydrogen) atoms. The van der Waals surface area contributed by atoms with Crippen LogP contribution in [0.15, 0.2) is 79.3 Å². The Morgan fingerprint density at radius 1 is 0.960 bits per heavy atom. The van der Waals surface area contributed by atoms with Gasteiger partial charge in [-0.2, -0.15) is 0 Å². The number of fused-ring (bicyclic) bond motifs is 1. The molecule has 3 aromatic rings. The van der Waals surface area contributed by atoms with Gasteiger partial charge < -0.3 is 0 Å². The second kappa shape index (κ2) is 5.96. The van der Waals surface area contributed by atoms with E-state index in [0.717, 1.165) is 11.3 Å². The van der Waals surface area contributed by atoms with Gasteiger partial charge in [0.2, 0.25) is 0 Å². The summed E-state index contributed by atoms with van der Waals surface area (Å²) in [5, 5.41) is 10.9. The van der Waals surface area contributed by atoms with Gasteiger partial charge in [-0.25, -0.2) is 4.48 Å². The van der Waals surface area contributed by atoms with Crippen LogP contribution in [0.25, 0.3) is 6.08 Å². The molecule has 2 heterocycles. The molecule has 5 heteroatoms. The maximum absolute atomic E-state index is 10.9. The van der Waals surface area contributed by atoms with Gasteiger partial charge in [-0.3, -0.25) is 15.1 Å². The molecule has 4 rings (SSSR count). The van der Waals surface area contributed by atoms with E-state index in [1.54, 1.807) is 24.5 Å². The molecule has 1 aliphatic rings. The van der Waals surface area contributed by atoms with Crippen molar-refractivity contribution in [3.05, 3.63) is 100 Å². The number of para-hydroxylation sites is 1. The molecular weight excluding hydrogens is 314 g/mol. The molecule has 0 N–H and O–H groups in total. The number of nitro groups is 1. The molecule has 1 unspecified atom stereocenters. The number of non-ortho nitro benzene ring substituents is 1. The van der Waals surface area contributed by atoms with Crippen LogP contribution in [0, 0.1) is 10.1 Å². The first kappa shape index (κ1) is 15.2. The van der Waals surface area contributed by atoms with Crippen LogP contribution in [0.1, 0.15) is 11.1 Å². The van der Waals surface area contributed by atoms with Crippen molar-refractivity contribution >= 4 is 23.1 Å². The highest BCUT2D eigenvalue weighted by Gasteiger charge is 2.37. The van der Waals surface area contributed by atoms with E-state index in [1.807, 2.05) is 36.4 Å². The number of hydrogen-bond donors (Lipinski definition) is 0. The number of nitrogens with zero attached hydrogens (tertiary/aromatic N) is 3. The van der Waals surface area contributed by atoms with Crippen molar-refractivity contribution in [2.24, 2.45) is 0 Å². The third-order valence-electron chi connectivity index (χ3n) is 4.58. The summed E-state index contributed by atoms with van der Waals surface area (Å²) in [5.41, 5.74) is 4.61. The summed E-state index contributed by atoms with van der Waals surface area (Å²) in [4.78, 5) is 14.6. The third kappa shape index (κ3) is 2.60. The quantitative estimate of drug-likeness (QED) is 0.392. The lowest BCUT2D eigenvalue weighted by Crippen LogP contribution is -2.36. The molecule has 1 atom stereocenters. The van der Waals surface area contributed by atoms with Crippen molar-refractivity contribution in [3.63, 3.8) is 0 Å². The van der Waals surface area contributed by atoms with Crippen molar-refractivity contribution in [1.82, 2.24) is 9.47 Å². The molecule has 0 amide bonds. The second-order valence-electron chi connectivity index (χ2n) is 6.03. The van der Waals surface area contributed by atoms with Gasteiger partial charge in [0.15, 0.2) is 0 Å². The van der Waals surface area contributed by atoms with Crippen LogP contribution in [0.4, 0.5) is 17.1 Å². The van der Waals surface area contributed by atoms with Crippen molar-refractivity contribution < 1.29 is 4.92 Å². The van der Waals surface area contributed by atoms with Crippen molar-refractivity contribution in [1.29, 1.82) is 0 Å². The minimum Gasteiger partial charge on any atom is -0.264 e. The molecule has 0 saturated heterocycles. The average Bonchev–Trinajstić information content (AvgIpc) is 3.03. The fourth-order valence-electron chi connectivity index (χ4n) is 3.36. The van der Waals surface area contributed by atoms with Crippen LogP contribution >= 0.6 is 0 Å².